The van der Waals surface area contributed by atoms with E-state index in [0.717, 1.165) is 50.6 Å². The second-order valence-electron chi connectivity index (χ2n) is 16.2. The fraction of sp³-hybridized carbons (Fsp3) is 0.0741. The van der Waals surface area contributed by atoms with Gasteiger partial charge in [-0.1, -0.05) is 178 Å². The van der Waals surface area contributed by atoms with Crippen molar-refractivity contribution >= 4 is 55.3 Å². The van der Waals surface area contributed by atoms with E-state index in [0.29, 0.717) is 0 Å². The van der Waals surface area contributed by atoms with Gasteiger partial charge in [-0.15, -0.1) is 0 Å². The zero-order chi connectivity index (χ0) is 39.2. The molecule has 10 aromatic rings. The maximum atomic E-state index is 5.67. The molecule has 0 amide bonds. The van der Waals surface area contributed by atoms with Gasteiger partial charge in [0, 0.05) is 43.8 Å². The predicted molar refractivity (Wildman–Crippen MR) is 245 cm³/mol. The van der Waals surface area contributed by atoms with Gasteiger partial charge in [-0.25, -0.2) is 9.98 Å². The monoisotopic (exact) mass is 757 g/mol. The van der Waals surface area contributed by atoms with E-state index in [4.69, 9.17) is 9.98 Å². The van der Waals surface area contributed by atoms with E-state index in [1.165, 1.54) is 54.9 Å². The van der Waals surface area contributed by atoms with Crippen LogP contribution in [0.1, 0.15) is 42.4 Å². The SMILES string of the molecule is CC1(C)c2ccccc2-c2cccc(C3=NC(n4c5ccccc5c5ccc6c7ccccc7n(-c7cccc(-c8ccccc8)c7)c6c54)N=C(c4ccccc4)N3)c21. The molecule has 1 N–H and O–H groups in total. The first-order chi connectivity index (χ1) is 29.0. The number of hydrogen-bond acceptors (Lipinski definition) is 3. The van der Waals surface area contributed by atoms with Crippen LogP contribution >= 0.6 is 0 Å². The van der Waals surface area contributed by atoms with Gasteiger partial charge in [0.25, 0.3) is 0 Å². The van der Waals surface area contributed by atoms with Gasteiger partial charge in [-0.3, -0.25) is 4.57 Å². The zero-order valence-electron chi connectivity index (χ0n) is 32.8. The molecule has 1 unspecified atom stereocenters. The van der Waals surface area contributed by atoms with Crippen molar-refractivity contribution in [1.82, 2.24) is 14.5 Å². The molecule has 3 heterocycles. The van der Waals surface area contributed by atoms with Crippen LogP contribution in [0, 0.1) is 0 Å². The van der Waals surface area contributed by atoms with Crippen LogP contribution in [0.25, 0.3) is 71.6 Å². The Balaban J connectivity index is 1.17. The molecule has 2 aliphatic rings. The number of nitrogens with zero attached hydrogens (tertiary/aromatic N) is 4. The Morgan fingerprint density at radius 3 is 1.83 bits per heavy atom. The summed E-state index contributed by atoms with van der Waals surface area (Å²) in [5.74, 6) is 1.61. The molecular weight excluding hydrogens is 719 g/mol. The average Bonchev–Trinajstić information content (AvgIpc) is 3.90. The highest BCUT2D eigenvalue weighted by Gasteiger charge is 2.39. The number of amidine groups is 2. The summed E-state index contributed by atoms with van der Waals surface area (Å²) in [5.41, 5.74) is 15.0. The Morgan fingerprint density at radius 1 is 0.458 bits per heavy atom. The molecule has 0 bridgehead atoms. The van der Waals surface area contributed by atoms with E-state index < -0.39 is 6.29 Å². The minimum atomic E-state index is -0.612. The number of benzene rings is 8. The summed E-state index contributed by atoms with van der Waals surface area (Å²) < 4.78 is 4.84. The molecule has 0 saturated heterocycles. The van der Waals surface area contributed by atoms with Gasteiger partial charge in [0.15, 0.2) is 0 Å². The number of aliphatic imine (C=N–C) groups is 2. The Hall–Kier alpha value is -7.50. The van der Waals surface area contributed by atoms with E-state index in [2.05, 4.69) is 216 Å². The molecule has 280 valence electrons. The third-order valence-electron chi connectivity index (χ3n) is 12.6. The first kappa shape index (κ1) is 33.6. The Kier molecular flexibility index (Phi) is 7.27. The standard InChI is InChI=1S/C54H39N5/c1-54(2)45-28-12-9-23-38(45)41-26-16-27-44(48(41)54)52-55-51(35-19-7-4-8-20-35)56-53(57-52)59-47-30-14-11-25-40(47)43-32-31-42-39-24-10-13-29-46(39)58(49(42)50(43)59)37-22-15-21-36(33-37)34-17-5-3-6-18-34/h3-33,53H,1-2H3,(H,55,56,57). The summed E-state index contributed by atoms with van der Waals surface area (Å²) in [5, 5.41) is 8.50. The second kappa shape index (κ2) is 12.8. The summed E-state index contributed by atoms with van der Waals surface area (Å²) in [6.07, 6.45) is -0.612. The molecule has 8 aromatic carbocycles. The minimum Gasteiger partial charge on any atom is -0.324 e. The van der Waals surface area contributed by atoms with Gasteiger partial charge in [-0.2, -0.15) is 0 Å². The number of rotatable bonds is 5. The molecule has 0 radical (unpaired) electrons. The first-order valence-corrected chi connectivity index (χ1v) is 20.4. The molecule has 1 aliphatic carbocycles. The summed E-state index contributed by atoms with van der Waals surface area (Å²) in [6.45, 7) is 4.67. The lowest BCUT2D eigenvalue weighted by atomic mass is 9.80. The van der Waals surface area contributed by atoms with Gasteiger partial charge < -0.3 is 9.88 Å². The molecule has 1 aliphatic heterocycles. The van der Waals surface area contributed by atoms with Gasteiger partial charge in [-0.05, 0) is 57.6 Å². The molecule has 12 rings (SSSR count). The first-order valence-electron chi connectivity index (χ1n) is 20.4. The Bertz CT molecular complexity index is 3380. The maximum absolute atomic E-state index is 5.67. The van der Waals surface area contributed by atoms with E-state index >= 15 is 0 Å². The molecule has 2 aromatic heterocycles. The smallest absolute Gasteiger partial charge is 0.225 e. The summed E-state index contributed by atoms with van der Waals surface area (Å²) >= 11 is 0. The lowest BCUT2D eigenvalue weighted by molar-refractivity contribution is 0.575. The Labute approximate surface area is 342 Å². The minimum absolute atomic E-state index is 0.224. The van der Waals surface area contributed by atoms with Crippen molar-refractivity contribution in [3.8, 4) is 27.9 Å². The van der Waals surface area contributed by atoms with E-state index in [1.807, 2.05) is 0 Å². The molecule has 0 fully saturated rings. The lowest BCUT2D eigenvalue weighted by Crippen LogP contribution is -2.38. The van der Waals surface area contributed by atoms with Crippen LogP contribution in [-0.2, 0) is 5.41 Å². The third kappa shape index (κ3) is 4.98. The fourth-order valence-corrected chi connectivity index (χ4v) is 9.97. The number of aromatic nitrogens is 2. The van der Waals surface area contributed by atoms with Gasteiger partial charge >= 0.3 is 0 Å². The van der Waals surface area contributed by atoms with Crippen LogP contribution in [0.5, 0.6) is 0 Å². The molecule has 0 spiro atoms. The highest BCUT2D eigenvalue weighted by atomic mass is 15.3. The van der Waals surface area contributed by atoms with Crippen molar-refractivity contribution in [2.45, 2.75) is 25.6 Å². The van der Waals surface area contributed by atoms with Gasteiger partial charge in [0.05, 0.1) is 22.1 Å². The van der Waals surface area contributed by atoms with E-state index in [1.54, 1.807) is 0 Å². The van der Waals surface area contributed by atoms with Crippen LogP contribution in [0.2, 0.25) is 0 Å². The fourth-order valence-electron chi connectivity index (χ4n) is 9.97. The molecule has 5 nitrogen and oxygen atoms in total. The van der Waals surface area contributed by atoms with Crippen LogP contribution in [-0.4, -0.2) is 20.8 Å². The lowest BCUT2D eigenvalue weighted by Gasteiger charge is -2.28. The number of hydrogen-bond donors (Lipinski definition) is 1. The van der Waals surface area contributed by atoms with Crippen molar-refractivity contribution in [2.24, 2.45) is 9.98 Å². The van der Waals surface area contributed by atoms with E-state index in [9.17, 15) is 0 Å². The third-order valence-corrected chi connectivity index (χ3v) is 12.6. The number of nitrogens with one attached hydrogen (secondary N) is 1. The maximum Gasteiger partial charge on any atom is 0.225 e. The summed E-state index contributed by atoms with van der Waals surface area (Å²) in [7, 11) is 0. The topological polar surface area (TPSA) is 46.6 Å². The van der Waals surface area contributed by atoms with Crippen LogP contribution < -0.4 is 5.32 Å². The highest BCUT2D eigenvalue weighted by Crippen LogP contribution is 2.50. The molecule has 1 atom stereocenters. The van der Waals surface area contributed by atoms with Crippen molar-refractivity contribution < 1.29 is 0 Å². The predicted octanol–water partition coefficient (Wildman–Crippen LogP) is 12.8. The van der Waals surface area contributed by atoms with Crippen LogP contribution in [0.15, 0.2) is 198 Å². The second-order valence-corrected chi connectivity index (χ2v) is 16.2. The van der Waals surface area contributed by atoms with Crippen molar-refractivity contribution in [1.29, 1.82) is 0 Å². The molecule has 5 heteroatoms. The zero-order valence-corrected chi connectivity index (χ0v) is 32.8. The Morgan fingerprint density at radius 2 is 1.03 bits per heavy atom. The highest BCUT2D eigenvalue weighted by molar-refractivity contribution is 6.24. The summed E-state index contributed by atoms with van der Waals surface area (Å²) in [4.78, 5) is 11.2. The molecule has 59 heavy (non-hydrogen) atoms. The van der Waals surface area contributed by atoms with Crippen LogP contribution in [0.4, 0.5) is 0 Å². The molecule has 0 saturated carbocycles. The van der Waals surface area contributed by atoms with E-state index in [-0.39, 0.29) is 5.41 Å². The van der Waals surface area contributed by atoms with Gasteiger partial charge in [0.2, 0.25) is 6.29 Å². The average molecular weight is 758 g/mol. The largest absolute Gasteiger partial charge is 0.324 e. The normalized spacial score (nSPS) is 15.6. The van der Waals surface area contributed by atoms with Crippen LogP contribution in [0.3, 0.4) is 0 Å². The summed E-state index contributed by atoms with van der Waals surface area (Å²) in [6, 6.07) is 67.6. The van der Waals surface area contributed by atoms with Crippen molar-refractivity contribution in [2.75, 3.05) is 0 Å². The molecular formula is C54H39N5. The number of fused-ring (bicyclic) bond motifs is 10. The van der Waals surface area contributed by atoms with Crippen molar-refractivity contribution in [3.63, 3.8) is 0 Å². The number of para-hydroxylation sites is 2. The van der Waals surface area contributed by atoms with Gasteiger partial charge in [0.1, 0.15) is 11.7 Å². The van der Waals surface area contributed by atoms with Crippen molar-refractivity contribution in [3.05, 3.63) is 210 Å². The quantitative estimate of drug-likeness (QED) is 0.187.